The molecule has 0 aliphatic carbocycles. The summed E-state index contributed by atoms with van der Waals surface area (Å²) in [6, 6.07) is 11.7. The third-order valence-corrected chi connectivity index (χ3v) is 3.40. The van der Waals surface area contributed by atoms with Crippen LogP contribution in [0.1, 0.15) is 10.4 Å². The molecule has 1 aliphatic rings. The van der Waals surface area contributed by atoms with Crippen LogP contribution in [0, 0.1) is 0 Å². The van der Waals surface area contributed by atoms with Gasteiger partial charge < -0.3 is 14.8 Å². The van der Waals surface area contributed by atoms with E-state index in [0.717, 1.165) is 4.47 Å². The number of carbonyl (C=O) groups is 2. The van der Waals surface area contributed by atoms with Crippen LogP contribution in [0.15, 0.2) is 46.9 Å². The van der Waals surface area contributed by atoms with Gasteiger partial charge in [-0.2, -0.15) is 0 Å². The quantitative estimate of drug-likeness (QED) is 0.669. The molecule has 0 bridgehead atoms. The molecule has 1 heterocycles. The Kier molecular flexibility index (Phi) is 3.62. The van der Waals surface area contributed by atoms with Gasteiger partial charge in [-0.3, -0.25) is 4.79 Å². The van der Waals surface area contributed by atoms with Gasteiger partial charge in [0.15, 0.2) is 6.61 Å². The van der Waals surface area contributed by atoms with Crippen molar-refractivity contribution < 1.29 is 19.1 Å². The number of rotatable bonds is 2. The van der Waals surface area contributed by atoms with Crippen LogP contribution in [0.5, 0.6) is 11.5 Å². The predicted octanol–water partition coefficient (Wildman–Crippen LogP) is 3.00. The lowest BCUT2D eigenvalue weighted by molar-refractivity contribution is -0.118. The Morgan fingerprint density at radius 3 is 2.71 bits per heavy atom. The summed E-state index contributed by atoms with van der Waals surface area (Å²) in [5.74, 6) is 0.190. The number of nitrogens with one attached hydrogen (secondary N) is 1. The van der Waals surface area contributed by atoms with Gasteiger partial charge in [0.2, 0.25) is 0 Å². The molecule has 0 atom stereocenters. The summed E-state index contributed by atoms with van der Waals surface area (Å²) in [6.07, 6.45) is 0. The van der Waals surface area contributed by atoms with Crippen LogP contribution < -0.4 is 14.8 Å². The van der Waals surface area contributed by atoms with Crippen molar-refractivity contribution in [2.24, 2.45) is 0 Å². The number of hydrogen-bond donors (Lipinski definition) is 1. The van der Waals surface area contributed by atoms with E-state index in [1.54, 1.807) is 42.5 Å². The van der Waals surface area contributed by atoms with Gasteiger partial charge in [0.25, 0.3) is 5.91 Å². The first-order valence-electron chi connectivity index (χ1n) is 6.16. The van der Waals surface area contributed by atoms with Gasteiger partial charge in [-0.05, 0) is 36.4 Å². The maximum Gasteiger partial charge on any atom is 0.343 e. The second-order valence-corrected chi connectivity index (χ2v) is 5.31. The number of benzene rings is 2. The minimum absolute atomic E-state index is 0.00890. The fraction of sp³-hybridized carbons (Fsp3) is 0.0667. The van der Waals surface area contributed by atoms with E-state index in [-0.39, 0.29) is 12.5 Å². The van der Waals surface area contributed by atoms with E-state index in [4.69, 9.17) is 9.47 Å². The first-order valence-corrected chi connectivity index (χ1v) is 6.95. The van der Waals surface area contributed by atoms with Gasteiger partial charge in [-0.1, -0.05) is 15.9 Å². The number of carbonyl (C=O) groups excluding carboxylic acids is 2. The van der Waals surface area contributed by atoms with Crippen molar-refractivity contribution in [2.75, 3.05) is 11.9 Å². The summed E-state index contributed by atoms with van der Waals surface area (Å²) < 4.78 is 11.4. The number of halogens is 1. The summed E-state index contributed by atoms with van der Waals surface area (Å²) in [4.78, 5) is 23.3. The van der Waals surface area contributed by atoms with Crippen molar-refractivity contribution >= 4 is 33.5 Å². The molecular weight excluding hydrogens is 338 g/mol. The highest BCUT2D eigenvalue weighted by molar-refractivity contribution is 9.10. The van der Waals surface area contributed by atoms with Crippen LogP contribution in [0.4, 0.5) is 5.69 Å². The van der Waals surface area contributed by atoms with Crippen LogP contribution in [0.2, 0.25) is 0 Å². The number of fused-ring (bicyclic) bond motifs is 1. The molecular formula is C15H10BrNO4. The smallest absolute Gasteiger partial charge is 0.343 e. The minimum Gasteiger partial charge on any atom is -0.482 e. The molecule has 3 rings (SSSR count). The van der Waals surface area contributed by atoms with E-state index in [1.165, 1.54) is 0 Å². The van der Waals surface area contributed by atoms with Crippen molar-refractivity contribution in [3.8, 4) is 11.5 Å². The fourth-order valence-electron chi connectivity index (χ4n) is 1.88. The highest BCUT2D eigenvalue weighted by atomic mass is 79.9. The Labute approximate surface area is 129 Å². The molecule has 2 aromatic rings. The average Bonchev–Trinajstić information content (AvgIpc) is 2.47. The lowest BCUT2D eigenvalue weighted by Gasteiger charge is -2.18. The first-order chi connectivity index (χ1) is 10.1. The monoisotopic (exact) mass is 347 g/mol. The summed E-state index contributed by atoms with van der Waals surface area (Å²) in [7, 11) is 0. The molecule has 0 saturated carbocycles. The number of amides is 1. The Bertz CT molecular complexity index is 712. The Morgan fingerprint density at radius 1 is 1.19 bits per heavy atom. The normalized spacial score (nSPS) is 12.9. The molecule has 0 radical (unpaired) electrons. The minimum atomic E-state index is -0.467. The van der Waals surface area contributed by atoms with Gasteiger partial charge in [0.05, 0.1) is 11.3 Å². The lowest BCUT2D eigenvalue weighted by Crippen LogP contribution is -2.25. The molecule has 5 nitrogen and oxygen atoms in total. The number of esters is 1. The van der Waals surface area contributed by atoms with Crippen LogP contribution in [0.3, 0.4) is 0 Å². The molecule has 2 aromatic carbocycles. The Morgan fingerprint density at radius 2 is 1.95 bits per heavy atom. The molecule has 1 aliphatic heterocycles. The van der Waals surface area contributed by atoms with Crippen molar-refractivity contribution in [3.05, 3.63) is 52.5 Å². The fourth-order valence-corrected chi connectivity index (χ4v) is 2.14. The zero-order chi connectivity index (χ0) is 14.8. The zero-order valence-corrected chi connectivity index (χ0v) is 12.3. The number of ether oxygens (including phenoxy) is 2. The van der Waals surface area contributed by atoms with Crippen LogP contribution >= 0.6 is 15.9 Å². The Hall–Kier alpha value is -2.34. The van der Waals surface area contributed by atoms with E-state index in [9.17, 15) is 9.59 Å². The van der Waals surface area contributed by atoms with Gasteiger partial charge in [0.1, 0.15) is 11.5 Å². The molecule has 0 fully saturated rings. The van der Waals surface area contributed by atoms with Crippen molar-refractivity contribution in [1.82, 2.24) is 0 Å². The highest BCUT2D eigenvalue weighted by Crippen LogP contribution is 2.31. The first kappa shape index (κ1) is 13.6. The van der Waals surface area contributed by atoms with Crippen LogP contribution in [-0.4, -0.2) is 18.5 Å². The van der Waals surface area contributed by atoms with Crippen molar-refractivity contribution in [1.29, 1.82) is 0 Å². The largest absolute Gasteiger partial charge is 0.482 e. The van der Waals surface area contributed by atoms with E-state index in [0.29, 0.717) is 22.7 Å². The Balaban J connectivity index is 1.79. The number of anilines is 1. The lowest BCUT2D eigenvalue weighted by atomic mass is 10.2. The number of hydrogen-bond acceptors (Lipinski definition) is 4. The molecule has 0 spiro atoms. The second kappa shape index (κ2) is 5.57. The van der Waals surface area contributed by atoms with E-state index in [1.807, 2.05) is 0 Å². The third kappa shape index (κ3) is 3.05. The van der Waals surface area contributed by atoms with Crippen molar-refractivity contribution in [3.63, 3.8) is 0 Å². The maximum absolute atomic E-state index is 12.0. The molecule has 106 valence electrons. The molecule has 0 aromatic heterocycles. The molecule has 1 amide bonds. The average molecular weight is 348 g/mol. The highest BCUT2D eigenvalue weighted by Gasteiger charge is 2.17. The van der Waals surface area contributed by atoms with E-state index in [2.05, 4.69) is 21.2 Å². The summed E-state index contributed by atoms with van der Waals surface area (Å²) >= 11 is 3.30. The molecule has 21 heavy (non-hydrogen) atoms. The molecule has 6 heteroatoms. The second-order valence-electron chi connectivity index (χ2n) is 4.39. The van der Waals surface area contributed by atoms with Crippen LogP contribution in [0.25, 0.3) is 0 Å². The summed E-state index contributed by atoms with van der Waals surface area (Å²) in [5, 5.41) is 2.66. The molecule has 1 N–H and O–H groups in total. The maximum atomic E-state index is 12.0. The van der Waals surface area contributed by atoms with Crippen molar-refractivity contribution in [2.45, 2.75) is 0 Å². The van der Waals surface area contributed by atoms with Gasteiger partial charge in [-0.25, -0.2) is 4.79 Å². The zero-order valence-electron chi connectivity index (χ0n) is 10.8. The standard InChI is InChI=1S/C15H10BrNO4/c16-10-3-1-9(2-4-10)15(19)21-11-5-6-13-12(7-11)17-14(18)8-20-13/h1-7H,8H2,(H,17,18). The van der Waals surface area contributed by atoms with Gasteiger partial charge >= 0.3 is 5.97 Å². The van der Waals surface area contributed by atoms with E-state index >= 15 is 0 Å². The third-order valence-electron chi connectivity index (χ3n) is 2.87. The van der Waals surface area contributed by atoms with Crippen LogP contribution in [-0.2, 0) is 4.79 Å². The van der Waals surface area contributed by atoms with Gasteiger partial charge in [-0.15, -0.1) is 0 Å². The molecule has 0 unspecified atom stereocenters. The van der Waals surface area contributed by atoms with E-state index < -0.39 is 5.97 Å². The topological polar surface area (TPSA) is 64.6 Å². The summed E-state index contributed by atoms with van der Waals surface area (Å²) in [6.45, 7) is -0.00890. The summed E-state index contributed by atoms with van der Waals surface area (Å²) in [5.41, 5.74) is 0.934. The van der Waals surface area contributed by atoms with Gasteiger partial charge in [0, 0.05) is 10.5 Å². The SMILES string of the molecule is O=C1COc2ccc(OC(=O)c3ccc(Br)cc3)cc2N1. The predicted molar refractivity (Wildman–Crippen MR) is 79.7 cm³/mol. The molecule has 0 saturated heterocycles.